The van der Waals surface area contributed by atoms with E-state index in [0.29, 0.717) is 6.42 Å². The Morgan fingerprint density at radius 3 is 2.60 bits per heavy atom. The van der Waals surface area contributed by atoms with Crippen molar-refractivity contribution >= 4 is 17.5 Å². The van der Waals surface area contributed by atoms with E-state index < -0.39 is 0 Å². The van der Waals surface area contributed by atoms with E-state index in [1.165, 1.54) is 11.2 Å². The number of carbonyl (C=O) groups is 1. The zero-order chi connectivity index (χ0) is 14.5. The van der Waals surface area contributed by atoms with Crippen LogP contribution in [0.2, 0.25) is 0 Å². The van der Waals surface area contributed by atoms with Gasteiger partial charge in [0.05, 0.1) is 6.42 Å². The van der Waals surface area contributed by atoms with Crippen LogP contribution in [0.25, 0.3) is 0 Å². The van der Waals surface area contributed by atoms with Gasteiger partial charge in [-0.1, -0.05) is 19.1 Å². The summed E-state index contributed by atoms with van der Waals surface area (Å²) in [6.07, 6.45) is 1.79. The average Bonchev–Trinajstić information content (AvgIpc) is 2.88. The fraction of sp³-hybridized carbons (Fsp3) is 0.400. The lowest BCUT2D eigenvalue weighted by molar-refractivity contribution is 0.0989. The first-order valence-corrected chi connectivity index (χ1v) is 7.74. The molecule has 0 fully saturated rings. The molecule has 2 aromatic rings. The van der Waals surface area contributed by atoms with Gasteiger partial charge in [-0.15, -0.1) is 11.8 Å². The van der Waals surface area contributed by atoms with E-state index in [1.807, 2.05) is 38.1 Å². The lowest BCUT2D eigenvalue weighted by atomic mass is 10.1. The van der Waals surface area contributed by atoms with Crippen LogP contribution < -0.4 is 0 Å². The monoisotopic (exact) mass is 289 g/mol. The molecule has 0 unspecified atom stereocenters. The smallest absolute Gasteiger partial charge is 0.170 e. The van der Waals surface area contributed by atoms with Crippen LogP contribution in [0.15, 0.2) is 35.5 Å². The number of thioether (sulfide) groups is 1. The van der Waals surface area contributed by atoms with E-state index in [1.54, 1.807) is 16.4 Å². The normalized spacial score (nSPS) is 11.0. The quantitative estimate of drug-likeness (QED) is 0.604. The van der Waals surface area contributed by atoms with Gasteiger partial charge in [-0.05, 0) is 31.7 Å². The Bertz CT molecular complexity index is 575. The highest BCUT2D eigenvalue weighted by Gasteiger charge is 2.13. The molecule has 0 atom stereocenters. The molecule has 0 bridgehead atoms. The maximum atomic E-state index is 12.3. The minimum Gasteiger partial charge on any atom is -0.294 e. The third-order valence-electron chi connectivity index (χ3n) is 2.94. The summed E-state index contributed by atoms with van der Waals surface area (Å²) in [5.74, 6) is 1.83. The molecule has 4 nitrogen and oxygen atoms in total. The van der Waals surface area contributed by atoms with Gasteiger partial charge < -0.3 is 0 Å². The minimum atomic E-state index is 0.0768. The molecular formula is C15H19N3OS. The van der Waals surface area contributed by atoms with Crippen molar-refractivity contribution in [3.05, 3.63) is 42.0 Å². The van der Waals surface area contributed by atoms with Gasteiger partial charge in [-0.3, -0.25) is 4.79 Å². The first-order valence-electron chi connectivity index (χ1n) is 6.76. The number of nitrogens with zero attached hydrogens (tertiary/aromatic N) is 3. The summed E-state index contributed by atoms with van der Waals surface area (Å²) in [6, 6.07) is 7.97. The molecule has 0 aliphatic carbocycles. The molecule has 0 spiro atoms. The molecule has 0 saturated heterocycles. The Morgan fingerprint density at radius 2 is 2.00 bits per heavy atom. The second kappa shape index (κ2) is 6.70. The van der Waals surface area contributed by atoms with Gasteiger partial charge in [0.1, 0.15) is 12.2 Å². The lowest BCUT2D eigenvalue weighted by Gasteiger charge is -2.09. The van der Waals surface area contributed by atoms with Gasteiger partial charge in [0.2, 0.25) is 0 Å². The number of hydrogen-bond donors (Lipinski definition) is 0. The Kier molecular flexibility index (Phi) is 4.95. The number of aromatic nitrogens is 3. The molecule has 106 valence electrons. The fourth-order valence-corrected chi connectivity index (χ4v) is 2.64. The van der Waals surface area contributed by atoms with E-state index in [2.05, 4.69) is 17.0 Å². The van der Waals surface area contributed by atoms with Crippen molar-refractivity contribution in [1.29, 1.82) is 0 Å². The molecule has 2 rings (SSSR count). The summed E-state index contributed by atoms with van der Waals surface area (Å²) in [7, 11) is 0. The van der Waals surface area contributed by atoms with Gasteiger partial charge in [-0.2, -0.15) is 5.10 Å². The number of carbonyl (C=O) groups excluding carboxylic acids is 1. The van der Waals surface area contributed by atoms with Crippen molar-refractivity contribution in [2.75, 3.05) is 5.75 Å². The third-order valence-corrected chi connectivity index (χ3v) is 3.84. The van der Waals surface area contributed by atoms with Crippen LogP contribution in [0.1, 0.15) is 43.0 Å². The molecule has 0 aliphatic heterocycles. The third kappa shape index (κ3) is 3.48. The molecule has 0 radical (unpaired) electrons. The summed E-state index contributed by atoms with van der Waals surface area (Å²) < 4.78 is 1.79. The predicted molar refractivity (Wildman–Crippen MR) is 81.3 cm³/mol. The Morgan fingerprint density at radius 1 is 1.30 bits per heavy atom. The number of rotatable bonds is 6. The Hall–Kier alpha value is -1.62. The minimum absolute atomic E-state index is 0.0768. The lowest BCUT2D eigenvalue weighted by Crippen LogP contribution is -2.13. The topological polar surface area (TPSA) is 47.8 Å². The first-order chi connectivity index (χ1) is 9.61. The van der Waals surface area contributed by atoms with Crippen molar-refractivity contribution < 1.29 is 4.79 Å². The van der Waals surface area contributed by atoms with Crippen molar-refractivity contribution in [1.82, 2.24) is 14.8 Å². The molecule has 5 heteroatoms. The maximum Gasteiger partial charge on any atom is 0.170 e. The second-order valence-corrected chi connectivity index (χ2v) is 6.11. The Labute approximate surface area is 123 Å². The summed E-state index contributed by atoms with van der Waals surface area (Å²) >= 11 is 1.77. The summed E-state index contributed by atoms with van der Waals surface area (Å²) in [5.41, 5.74) is 0.726. The number of ketones is 1. The van der Waals surface area contributed by atoms with E-state index >= 15 is 0 Å². The van der Waals surface area contributed by atoms with Crippen LogP contribution in [0.5, 0.6) is 0 Å². The predicted octanol–water partition coefficient (Wildman–Crippen LogP) is 3.40. The van der Waals surface area contributed by atoms with Crippen molar-refractivity contribution in [2.45, 2.75) is 38.1 Å². The molecule has 0 aliphatic rings. The number of benzene rings is 1. The van der Waals surface area contributed by atoms with E-state index in [4.69, 9.17) is 0 Å². The molecule has 1 aromatic heterocycles. The highest BCUT2D eigenvalue weighted by atomic mass is 32.2. The zero-order valence-electron chi connectivity index (χ0n) is 12.0. The van der Waals surface area contributed by atoms with E-state index in [-0.39, 0.29) is 11.8 Å². The van der Waals surface area contributed by atoms with Crippen molar-refractivity contribution in [3.8, 4) is 0 Å². The number of Topliss-reactive ketones (excluding diaryl/α,β-unsaturated/α-hetero) is 1. The molecule has 0 N–H and O–H groups in total. The van der Waals surface area contributed by atoms with Crippen LogP contribution in [0, 0.1) is 0 Å². The van der Waals surface area contributed by atoms with Crippen LogP contribution in [-0.4, -0.2) is 26.3 Å². The highest BCUT2D eigenvalue weighted by Crippen LogP contribution is 2.18. The molecule has 20 heavy (non-hydrogen) atoms. The van der Waals surface area contributed by atoms with Crippen LogP contribution in [0.4, 0.5) is 0 Å². The number of hydrogen-bond acceptors (Lipinski definition) is 4. The Balaban J connectivity index is 2.09. The van der Waals surface area contributed by atoms with Crippen LogP contribution in [-0.2, 0) is 6.42 Å². The summed E-state index contributed by atoms with van der Waals surface area (Å²) in [6.45, 7) is 6.17. The second-order valence-electron chi connectivity index (χ2n) is 4.77. The van der Waals surface area contributed by atoms with Crippen LogP contribution >= 0.6 is 11.8 Å². The van der Waals surface area contributed by atoms with Gasteiger partial charge in [-0.25, -0.2) is 9.67 Å². The van der Waals surface area contributed by atoms with Gasteiger partial charge in [0.25, 0.3) is 0 Å². The molecular weight excluding hydrogens is 270 g/mol. The van der Waals surface area contributed by atoms with E-state index in [0.717, 1.165) is 17.1 Å². The van der Waals surface area contributed by atoms with Crippen LogP contribution in [0.3, 0.4) is 0 Å². The van der Waals surface area contributed by atoms with Crippen molar-refractivity contribution in [3.63, 3.8) is 0 Å². The fourth-order valence-electron chi connectivity index (χ4n) is 1.98. The molecule has 1 heterocycles. The zero-order valence-corrected chi connectivity index (χ0v) is 12.9. The van der Waals surface area contributed by atoms with E-state index in [9.17, 15) is 4.79 Å². The highest BCUT2D eigenvalue weighted by molar-refractivity contribution is 7.99. The van der Waals surface area contributed by atoms with Gasteiger partial charge in [0, 0.05) is 16.5 Å². The van der Waals surface area contributed by atoms with Gasteiger partial charge in [0.15, 0.2) is 5.78 Å². The average molecular weight is 289 g/mol. The maximum absolute atomic E-state index is 12.3. The first kappa shape index (κ1) is 14.8. The SMILES string of the molecule is CCSc1ccc(C(=O)Cc2ncnn2C(C)C)cc1. The summed E-state index contributed by atoms with van der Waals surface area (Å²) in [4.78, 5) is 17.6. The molecule has 0 amide bonds. The summed E-state index contributed by atoms with van der Waals surface area (Å²) in [5, 5.41) is 4.15. The molecule has 1 aromatic carbocycles. The van der Waals surface area contributed by atoms with Gasteiger partial charge >= 0.3 is 0 Å². The molecule has 0 saturated carbocycles. The van der Waals surface area contributed by atoms with Crippen molar-refractivity contribution in [2.24, 2.45) is 0 Å². The standard InChI is InChI=1S/C15H19N3OS/c1-4-20-13-7-5-12(6-8-13)14(19)9-15-16-10-17-18(15)11(2)3/h5-8,10-11H,4,9H2,1-3H3. The largest absolute Gasteiger partial charge is 0.294 e.